The molecule has 0 heterocycles. The van der Waals surface area contributed by atoms with E-state index in [-0.39, 0.29) is 22.5 Å². The lowest BCUT2D eigenvalue weighted by atomic mass is 9.70. The first-order valence-electron chi connectivity index (χ1n) is 12.4. The number of ketones is 1. The molecule has 2 N–H and O–H groups in total. The van der Waals surface area contributed by atoms with E-state index >= 15 is 0 Å². The first-order valence-corrected chi connectivity index (χ1v) is 14.0. The third kappa shape index (κ3) is 3.04. The Hall–Kier alpha value is -1.76. The number of allylic oxidation sites excluding steroid dienone is 1. The molecule has 5 rings (SSSR count). The van der Waals surface area contributed by atoms with E-state index in [4.69, 9.17) is 0 Å². The van der Waals surface area contributed by atoms with Gasteiger partial charge in [-0.2, -0.15) is 8.42 Å². The van der Waals surface area contributed by atoms with E-state index in [2.05, 4.69) is 26.8 Å². The zero-order valence-electron chi connectivity index (χ0n) is 20.8. The average Bonchev–Trinajstić information content (AvgIpc) is 3.22. The predicted octanol–water partition coefficient (Wildman–Crippen LogP) is 5.16. The van der Waals surface area contributed by atoms with Gasteiger partial charge in [-0.1, -0.05) is 65.0 Å². The summed E-state index contributed by atoms with van der Waals surface area (Å²) in [4.78, 5) is 13.4. The van der Waals surface area contributed by atoms with Crippen molar-refractivity contribution in [3.05, 3.63) is 46.5 Å². The predicted molar refractivity (Wildman–Crippen MR) is 133 cm³/mol. The zero-order chi connectivity index (χ0) is 24.9. The summed E-state index contributed by atoms with van der Waals surface area (Å²) in [6, 6.07) is 8.00. The lowest BCUT2D eigenvalue weighted by Gasteiger charge is -2.36. The third-order valence-corrected chi connectivity index (χ3v) is 11.5. The van der Waals surface area contributed by atoms with Crippen molar-refractivity contribution in [2.24, 2.45) is 33.5 Å². The van der Waals surface area contributed by atoms with Crippen LogP contribution in [0, 0.1) is 33.5 Å². The standard InChI is InChI=1S/C28H36O5S/c1-25(2)21-10-12-27(25,5)23(29)19(21)14-17-6-8-18(9-7-17)15-20-22-11-13-28(24(20)30,26(22,3)4)16-34(31,32)33/h6-9,14-15,21-23,29H,10-13,16H2,1-5H3,(H,31,32,33)/b19-14+,20-15+. The van der Waals surface area contributed by atoms with Gasteiger partial charge in [0.2, 0.25) is 0 Å². The molecule has 0 aliphatic heterocycles. The fraction of sp³-hybridized carbons (Fsp3) is 0.607. The van der Waals surface area contributed by atoms with Crippen molar-refractivity contribution in [1.82, 2.24) is 0 Å². The molecule has 0 aromatic heterocycles. The maximum absolute atomic E-state index is 13.4. The number of hydrogen-bond donors (Lipinski definition) is 2. The number of fused-ring (bicyclic) bond motifs is 4. The van der Waals surface area contributed by atoms with E-state index in [1.165, 1.54) is 0 Å². The Labute approximate surface area is 203 Å². The van der Waals surface area contributed by atoms with Gasteiger partial charge in [0.15, 0.2) is 5.78 Å². The van der Waals surface area contributed by atoms with Gasteiger partial charge in [0.1, 0.15) is 0 Å². The first kappa shape index (κ1) is 24.0. The Balaban J connectivity index is 1.43. The second-order valence-corrected chi connectivity index (χ2v) is 13.9. The summed E-state index contributed by atoms with van der Waals surface area (Å²) >= 11 is 0. The molecule has 5 atom stereocenters. The van der Waals surface area contributed by atoms with Gasteiger partial charge in [0.05, 0.1) is 17.3 Å². The summed E-state index contributed by atoms with van der Waals surface area (Å²) in [7, 11) is -4.26. The molecule has 0 radical (unpaired) electrons. The zero-order valence-corrected chi connectivity index (χ0v) is 21.6. The van der Waals surface area contributed by atoms with Crippen molar-refractivity contribution in [2.75, 3.05) is 5.75 Å². The molecular weight excluding hydrogens is 448 g/mol. The maximum atomic E-state index is 13.4. The molecule has 1 aromatic rings. The quantitative estimate of drug-likeness (QED) is 0.455. The molecule has 4 bridgehead atoms. The van der Waals surface area contributed by atoms with Gasteiger partial charge < -0.3 is 5.11 Å². The van der Waals surface area contributed by atoms with Crippen LogP contribution < -0.4 is 0 Å². The molecule has 34 heavy (non-hydrogen) atoms. The SMILES string of the molecule is CC1(C)C2CCC1(CS(=O)(=O)O)C(=O)/C2=C/c1ccc(/C=C2\C3CCC(C)(C2O)C3(C)C)cc1. The largest absolute Gasteiger partial charge is 0.388 e. The van der Waals surface area contributed by atoms with Gasteiger partial charge in [0.25, 0.3) is 10.1 Å². The van der Waals surface area contributed by atoms with Gasteiger partial charge in [-0.3, -0.25) is 9.35 Å². The highest BCUT2D eigenvalue weighted by Crippen LogP contribution is 2.68. The Bertz CT molecular complexity index is 1220. The van der Waals surface area contributed by atoms with Crippen LogP contribution in [0.4, 0.5) is 0 Å². The molecule has 0 spiro atoms. The molecular formula is C28H36O5S. The molecule has 6 heteroatoms. The van der Waals surface area contributed by atoms with Crippen LogP contribution in [0.15, 0.2) is 35.4 Å². The van der Waals surface area contributed by atoms with Crippen LogP contribution >= 0.6 is 0 Å². The second kappa shape index (κ2) is 7.14. The Morgan fingerprint density at radius 3 is 2.00 bits per heavy atom. The molecule has 1 aromatic carbocycles. The Morgan fingerprint density at radius 1 is 0.912 bits per heavy atom. The van der Waals surface area contributed by atoms with Crippen LogP contribution in [-0.4, -0.2) is 35.7 Å². The number of aliphatic hydroxyl groups is 1. The minimum Gasteiger partial charge on any atom is -0.388 e. The van der Waals surface area contributed by atoms with Crippen LogP contribution in [-0.2, 0) is 14.9 Å². The van der Waals surface area contributed by atoms with E-state index in [9.17, 15) is 22.9 Å². The number of aliphatic hydroxyl groups excluding tert-OH is 1. The molecule has 4 aliphatic rings. The van der Waals surface area contributed by atoms with Crippen LogP contribution in [0.25, 0.3) is 12.2 Å². The Kier molecular flexibility index (Phi) is 5.03. The highest BCUT2D eigenvalue weighted by atomic mass is 32.2. The number of carbonyl (C=O) groups excluding carboxylic acids is 1. The van der Waals surface area contributed by atoms with Crippen molar-refractivity contribution < 1.29 is 22.9 Å². The molecule has 4 fully saturated rings. The normalized spacial score (nSPS) is 40.1. The summed E-state index contributed by atoms with van der Waals surface area (Å²) < 4.78 is 33.0. The topological polar surface area (TPSA) is 91.7 Å². The third-order valence-electron chi connectivity index (χ3n) is 10.7. The van der Waals surface area contributed by atoms with Crippen LogP contribution in [0.3, 0.4) is 0 Å². The van der Waals surface area contributed by atoms with Crippen molar-refractivity contribution >= 4 is 28.1 Å². The average molecular weight is 485 g/mol. The van der Waals surface area contributed by atoms with Crippen molar-refractivity contribution in [1.29, 1.82) is 0 Å². The summed E-state index contributed by atoms with van der Waals surface area (Å²) in [5.41, 5.74) is 2.16. The van der Waals surface area contributed by atoms with Gasteiger partial charge >= 0.3 is 0 Å². The number of hydrogen-bond acceptors (Lipinski definition) is 4. The molecule has 4 aliphatic carbocycles. The van der Waals surface area contributed by atoms with Crippen molar-refractivity contribution in [3.8, 4) is 0 Å². The Morgan fingerprint density at radius 2 is 1.47 bits per heavy atom. The first-order chi connectivity index (χ1) is 15.6. The number of Topliss-reactive ketones (excluding diaryl/α,β-unsaturated/α-hetero) is 1. The minimum absolute atomic E-state index is 0.0179. The smallest absolute Gasteiger partial charge is 0.265 e. The van der Waals surface area contributed by atoms with Crippen LogP contribution in [0.5, 0.6) is 0 Å². The van der Waals surface area contributed by atoms with Crippen LogP contribution in [0.2, 0.25) is 0 Å². The van der Waals surface area contributed by atoms with E-state index in [0.29, 0.717) is 17.9 Å². The molecule has 0 saturated heterocycles. The number of rotatable bonds is 4. The van der Waals surface area contributed by atoms with Gasteiger partial charge in [-0.25, -0.2) is 0 Å². The minimum atomic E-state index is -4.26. The van der Waals surface area contributed by atoms with E-state index in [1.54, 1.807) is 0 Å². The van der Waals surface area contributed by atoms with Gasteiger partial charge in [-0.05, 0) is 71.1 Å². The number of carbonyl (C=O) groups is 1. The molecule has 5 nitrogen and oxygen atoms in total. The van der Waals surface area contributed by atoms with Crippen molar-refractivity contribution in [3.63, 3.8) is 0 Å². The lowest BCUT2D eigenvalue weighted by Crippen LogP contribution is -2.42. The maximum Gasteiger partial charge on any atom is 0.265 e. The van der Waals surface area contributed by atoms with Gasteiger partial charge in [-0.15, -0.1) is 0 Å². The van der Waals surface area contributed by atoms with Crippen LogP contribution in [0.1, 0.15) is 71.4 Å². The summed E-state index contributed by atoms with van der Waals surface area (Å²) in [5, 5.41) is 11.0. The van der Waals surface area contributed by atoms with E-state index in [0.717, 1.165) is 36.0 Å². The van der Waals surface area contributed by atoms with Crippen molar-refractivity contribution in [2.45, 2.75) is 66.4 Å². The lowest BCUT2D eigenvalue weighted by molar-refractivity contribution is -0.125. The summed E-state index contributed by atoms with van der Waals surface area (Å²) in [6.45, 7) is 10.6. The number of benzene rings is 1. The highest BCUT2D eigenvalue weighted by molar-refractivity contribution is 7.85. The van der Waals surface area contributed by atoms with Gasteiger partial charge in [0, 0.05) is 11.0 Å². The van der Waals surface area contributed by atoms with E-state index in [1.807, 2.05) is 44.2 Å². The fourth-order valence-electron chi connectivity index (χ4n) is 7.99. The molecule has 4 saturated carbocycles. The highest BCUT2D eigenvalue weighted by Gasteiger charge is 2.67. The molecule has 184 valence electrons. The summed E-state index contributed by atoms with van der Waals surface area (Å²) in [5.74, 6) is -0.277. The second-order valence-electron chi connectivity index (χ2n) is 12.5. The molecule has 0 amide bonds. The molecule has 5 unspecified atom stereocenters. The summed E-state index contributed by atoms with van der Waals surface area (Å²) in [6.07, 6.45) is 7.01. The van der Waals surface area contributed by atoms with E-state index < -0.39 is 32.8 Å². The fourth-order valence-corrected chi connectivity index (χ4v) is 9.26. The monoisotopic (exact) mass is 484 g/mol.